The Balaban J connectivity index is 1.48. The van der Waals surface area contributed by atoms with Gasteiger partial charge in [-0.1, -0.05) is 57.9 Å². The summed E-state index contributed by atoms with van der Waals surface area (Å²) in [5.74, 6) is 0.576. The molecule has 5 rings (SSSR count). The number of carbonyl (C=O) groups excluding carboxylic acids is 1. The SMILES string of the molecule is Cc1nc2ccc(Br)cc2c(=O)n1N=Cc1c(OCC(=O)Nc2ccc(Cl)cc2)ccc2ccccc12. The van der Waals surface area contributed by atoms with Gasteiger partial charge in [0.1, 0.15) is 11.6 Å². The molecule has 1 N–H and O–H groups in total. The van der Waals surface area contributed by atoms with Crippen LogP contribution >= 0.6 is 27.5 Å². The highest BCUT2D eigenvalue weighted by molar-refractivity contribution is 9.10. The van der Waals surface area contributed by atoms with Crippen LogP contribution in [-0.4, -0.2) is 28.4 Å². The van der Waals surface area contributed by atoms with Gasteiger partial charge in [-0.25, -0.2) is 4.98 Å². The maximum Gasteiger partial charge on any atom is 0.282 e. The third-order valence-electron chi connectivity index (χ3n) is 5.69. The molecule has 0 saturated carbocycles. The fourth-order valence-corrected chi connectivity index (χ4v) is 4.41. The van der Waals surface area contributed by atoms with E-state index in [0.717, 1.165) is 15.2 Å². The van der Waals surface area contributed by atoms with Crippen molar-refractivity contribution in [2.75, 3.05) is 11.9 Å². The van der Waals surface area contributed by atoms with Crippen molar-refractivity contribution in [1.29, 1.82) is 0 Å². The fourth-order valence-electron chi connectivity index (χ4n) is 3.92. The zero-order valence-corrected chi connectivity index (χ0v) is 22.0. The quantitative estimate of drug-likeness (QED) is 0.245. The van der Waals surface area contributed by atoms with Gasteiger partial charge in [0.05, 0.1) is 17.1 Å². The van der Waals surface area contributed by atoms with E-state index in [-0.39, 0.29) is 18.1 Å². The summed E-state index contributed by atoms with van der Waals surface area (Å²) < 4.78 is 7.93. The summed E-state index contributed by atoms with van der Waals surface area (Å²) in [5.41, 5.74) is 1.56. The summed E-state index contributed by atoms with van der Waals surface area (Å²) >= 11 is 9.31. The van der Waals surface area contributed by atoms with Gasteiger partial charge in [-0.15, -0.1) is 0 Å². The number of benzene rings is 4. The Kier molecular flexibility index (Phi) is 7.03. The van der Waals surface area contributed by atoms with E-state index in [1.807, 2.05) is 36.4 Å². The fraction of sp³-hybridized carbons (Fsp3) is 0.0714. The summed E-state index contributed by atoms with van der Waals surface area (Å²) in [6.45, 7) is 1.51. The molecule has 0 spiro atoms. The van der Waals surface area contributed by atoms with Crippen LogP contribution in [0.5, 0.6) is 5.75 Å². The highest BCUT2D eigenvalue weighted by atomic mass is 79.9. The van der Waals surface area contributed by atoms with E-state index in [1.165, 1.54) is 4.68 Å². The Morgan fingerprint density at radius 1 is 1.08 bits per heavy atom. The molecular formula is C28H20BrClN4O3. The predicted molar refractivity (Wildman–Crippen MR) is 151 cm³/mol. The maximum atomic E-state index is 13.2. The topological polar surface area (TPSA) is 85.6 Å². The zero-order chi connectivity index (χ0) is 25.9. The summed E-state index contributed by atoms with van der Waals surface area (Å²) in [5, 5.41) is 10.1. The molecule has 0 aliphatic rings. The minimum atomic E-state index is -0.324. The molecule has 0 saturated heterocycles. The first-order valence-corrected chi connectivity index (χ1v) is 12.5. The summed E-state index contributed by atoms with van der Waals surface area (Å²) in [4.78, 5) is 30.2. The lowest BCUT2D eigenvalue weighted by molar-refractivity contribution is -0.118. The smallest absolute Gasteiger partial charge is 0.282 e. The van der Waals surface area contributed by atoms with Gasteiger partial charge in [0.25, 0.3) is 11.5 Å². The van der Waals surface area contributed by atoms with Crippen LogP contribution in [0.2, 0.25) is 5.02 Å². The van der Waals surface area contributed by atoms with Crippen molar-refractivity contribution < 1.29 is 9.53 Å². The van der Waals surface area contributed by atoms with Crippen molar-refractivity contribution in [3.63, 3.8) is 0 Å². The van der Waals surface area contributed by atoms with Crippen LogP contribution in [0.3, 0.4) is 0 Å². The molecule has 1 heterocycles. The first-order chi connectivity index (χ1) is 17.9. The van der Waals surface area contributed by atoms with E-state index in [0.29, 0.717) is 38.8 Å². The van der Waals surface area contributed by atoms with Gasteiger partial charge < -0.3 is 10.1 Å². The van der Waals surface area contributed by atoms with Crippen molar-refractivity contribution in [3.05, 3.63) is 110 Å². The van der Waals surface area contributed by atoms with Gasteiger partial charge in [0, 0.05) is 20.7 Å². The van der Waals surface area contributed by atoms with Gasteiger partial charge in [-0.05, 0) is 66.2 Å². The van der Waals surface area contributed by atoms with Crippen LogP contribution in [-0.2, 0) is 4.79 Å². The number of halogens is 2. The minimum absolute atomic E-state index is 0.216. The van der Waals surface area contributed by atoms with Gasteiger partial charge in [-0.3, -0.25) is 9.59 Å². The number of nitrogens with zero attached hydrogens (tertiary/aromatic N) is 3. The number of amides is 1. The molecule has 9 heteroatoms. The van der Waals surface area contributed by atoms with E-state index in [4.69, 9.17) is 16.3 Å². The number of aromatic nitrogens is 2. The van der Waals surface area contributed by atoms with Gasteiger partial charge >= 0.3 is 0 Å². The minimum Gasteiger partial charge on any atom is -0.483 e. The van der Waals surface area contributed by atoms with E-state index in [1.54, 1.807) is 55.6 Å². The number of aryl methyl sites for hydroxylation is 1. The van der Waals surface area contributed by atoms with Crippen LogP contribution in [0.1, 0.15) is 11.4 Å². The molecule has 0 atom stereocenters. The molecule has 37 heavy (non-hydrogen) atoms. The second-order valence-corrected chi connectivity index (χ2v) is 9.58. The number of anilines is 1. The van der Waals surface area contributed by atoms with E-state index in [9.17, 15) is 9.59 Å². The Bertz CT molecular complexity index is 1730. The zero-order valence-electron chi connectivity index (χ0n) is 19.6. The molecule has 0 unspecified atom stereocenters. The maximum absolute atomic E-state index is 13.2. The van der Waals surface area contributed by atoms with Crippen LogP contribution in [0, 0.1) is 6.92 Å². The number of ether oxygens (including phenoxy) is 1. The summed E-state index contributed by atoms with van der Waals surface area (Å²) in [6, 6.07) is 23.6. The second kappa shape index (κ2) is 10.5. The van der Waals surface area contributed by atoms with Crippen molar-refractivity contribution in [1.82, 2.24) is 9.66 Å². The number of hydrogen-bond donors (Lipinski definition) is 1. The normalized spacial score (nSPS) is 11.3. The highest BCUT2D eigenvalue weighted by Gasteiger charge is 2.12. The Labute approximate surface area is 225 Å². The molecule has 0 aliphatic heterocycles. The van der Waals surface area contributed by atoms with Gasteiger partial charge in [0.15, 0.2) is 6.61 Å². The third kappa shape index (κ3) is 5.40. The predicted octanol–water partition coefficient (Wildman–Crippen LogP) is 6.17. The second-order valence-electron chi connectivity index (χ2n) is 8.22. The number of nitrogens with one attached hydrogen (secondary N) is 1. The highest BCUT2D eigenvalue weighted by Crippen LogP contribution is 2.27. The van der Waals surface area contributed by atoms with Crippen molar-refractivity contribution in [2.24, 2.45) is 5.10 Å². The van der Waals surface area contributed by atoms with Crippen LogP contribution in [0.25, 0.3) is 21.7 Å². The van der Waals surface area contributed by atoms with Crippen molar-refractivity contribution in [2.45, 2.75) is 6.92 Å². The largest absolute Gasteiger partial charge is 0.483 e. The molecule has 0 fully saturated rings. The summed E-state index contributed by atoms with van der Waals surface area (Å²) in [6.07, 6.45) is 1.56. The standard InChI is InChI=1S/C28H20BrClN4O3/c1-17-32-25-12-7-19(29)14-23(25)28(36)34(17)31-15-24-22-5-3-2-4-18(22)6-13-26(24)37-16-27(35)33-21-10-8-20(30)9-11-21/h2-15H,16H2,1H3,(H,33,35). The first kappa shape index (κ1) is 24.7. The molecule has 1 amide bonds. The Morgan fingerprint density at radius 3 is 2.68 bits per heavy atom. The van der Waals surface area contributed by atoms with E-state index >= 15 is 0 Å². The molecule has 1 aromatic heterocycles. The lowest BCUT2D eigenvalue weighted by Gasteiger charge is -2.12. The molecule has 0 bridgehead atoms. The van der Waals surface area contributed by atoms with Crippen LogP contribution < -0.4 is 15.6 Å². The van der Waals surface area contributed by atoms with Crippen molar-refractivity contribution >= 4 is 67.0 Å². The van der Waals surface area contributed by atoms with E-state index in [2.05, 4.69) is 31.3 Å². The molecule has 184 valence electrons. The summed E-state index contributed by atoms with van der Waals surface area (Å²) in [7, 11) is 0. The van der Waals surface area contributed by atoms with E-state index < -0.39 is 0 Å². The number of rotatable bonds is 6. The average Bonchev–Trinajstić information content (AvgIpc) is 2.89. The first-order valence-electron chi connectivity index (χ1n) is 11.3. The molecule has 4 aromatic carbocycles. The Morgan fingerprint density at radius 2 is 1.86 bits per heavy atom. The van der Waals surface area contributed by atoms with Gasteiger partial charge in [-0.2, -0.15) is 9.78 Å². The third-order valence-corrected chi connectivity index (χ3v) is 6.44. The molecule has 5 aromatic rings. The lowest BCUT2D eigenvalue weighted by Crippen LogP contribution is -2.21. The number of carbonyl (C=O) groups is 1. The van der Waals surface area contributed by atoms with Gasteiger partial charge in [0.2, 0.25) is 0 Å². The van der Waals surface area contributed by atoms with Crippen LogP contribution in [0.4, 0.5) is 5.69 Å². The molecule has 0 aliphatic carbocycles. The monoisotopic (exact) mass is 574 g/mol. The Hall–Kier alpha value is -4.01. The average molecular weight is 576 g/mol. The number of fused-ring (bicyclic) bond motifs is 2. The lowest BCUT2D eigenvalue weighted by atomic mass is 10.0. The molecular weight excluding hydrogens is 556 g/mol. The molecule has 0 radical (unpaired) electrons. The number of hydrogen-bond acceptors (Lipinski definition) is 5. The van der Waals surface area contributed by atoms with Crippen molar-refractivity contribution in [3.8, 4) is 5.75 Å². The van der Waals surface area contributed by atoms with Crippen LogP contribution in [0.15, 0.2) is 93.2 Å². The molecule has 7 nitrogen and oxygen atoms in total.